The molecule has 0 radical (unpaired) electrons. The topological polar surface area (TPSA) is 49.9 Å². The summed E-state index contributed by atoms with van der Waals surface area (Å²) in [6, 6.07) is 25.6. The molecule has 0 bridgehead atoms. The van der Waals surface area contributed by atoms with Crippen molar-refractivity contribution in [3.05, 3.63) is 90.6 Å². The molecule has 4 aromatic rings. The van der Waals surface area contributed by atoms with Gasteiger partial charge in [0.15, 0.2) is 0 Å². The largest absolute Gasteiger partial charge is 0.401 e. The molecule has 7 heteroatoms. The molecule has 36 heavy (non-hydrogen) atoms. The molecule has 0 amide bonds. The van der Waals surface area contributed by atoms with E-state index in [0.717, 1.165) is 26.8 Å². The van der Waals surface area contributed by atoms with Crippen molar-refractivity contribution in [3.8, 4) is 0 Å². The van der Waals surface area contributed by atoms with E-state index in [-0.39, 0.29) is 11.1 Å². The Bertz CT molecular complexity index is 1220. The van der Waals surface area contributed by atoms with Gasteiger partial charge in [-0.3, -0.25) is 5.10 Å². The zero-order valence-electron chi connectivity index (χ0n) is 21.4. The number of fused-ring (bicyclic) bond motifs is 1. The number of alkyl halides is 2. The third-order valence-corrected chi connectivity index (χ3v) is 11.7. The summed E-state index contributed by atoms with van der Waals surface area (Å²) in [6.07, 6.45) is 2.41. The lowest BCUT2D eigenvalue weighted by molar-refractivity contribution is -0.0433. The number of H-pyrrole nitrogens is 1. The predicted octanol–water partition coefficient (Wildman–Crippen LogP) is 5.30. The van der Waals surface area contributed by atoms with Crippen LogP contribution in [0.3, 0.4) is 0 Å². The zero-order valence-corrected chi connectivity index (χ0v) is 22.4. The molecule has 1 heterocycles. The van der Waals surface area contributed by atoms with Gasteiger partial charge in [0.05, 0.1) is 24.9 Å². The quantitative estimate of drug-likeness (QED) is 0.287. The lowest BCUT2D eigenvalue weighted by atomic mass is 10.0. The fraction of sp³-hybridized carbons (Fsp3) is 0.345. The molecule has 0 saturated carbocycles. The minimum absolute atomic E-state index is 0.135. The third-order valence-electron chi connectivity index (χ3n) is 6.73. The number of halogens is 2. The zero-order chi connectivity index (χ0) is 25.8. The van der Waals surface area contributed by atoms with Crippen LogP contribution in [0.15, 0.2) is 85.1 Å². The summed E-state index contributed by atoms with van der Waals surface area (Å²) in [5.41, 5.74) is 2.02. The molecule has 4 rings (SSSR count). The second-order valence-electron chi connectivity index (χ2n) is 10.5. The normalized spacial score (nSPS) is 13.7. The molecule has 1 unspecified atom stereocenters. The minimum atomic E-state index is -3.02. The molecule has 0 saturated heterocycles. The monoisotopic (exact) mass is 507 g/mol. The third kappa shape index (κ3) is 5.58. The molecule has 1 aromatic heterocycles. The van der Waals surface area contributed by atoms with Crippen molar-refractivity contribution in [2.45, 2.75) is 51.1 Å². The van der Waals surface area contributed by atoms with Crippen LogP contribution in [0.2, 0.25) is 5.04 Å². The van der Waals surface area contributed by atoms with E-state index >= 15 is 8.78 Å². The Morgan fingerprint density at radius 2 is 1.53 bits per heavy atom. The van der Waals surface area contributed by atoms with Gasteiger partial charge in [0.25, 0.3) is 14.2 Å². The summed E-state index contributed by atoms with van der Waals surface area (Å²) in [6.45, 7) is 7.11. The highest BCUT2D eigenvalue weighted by atomic mass is 28.4. The van der Waals surface area contributed by atoms with Crippen LogP contribution in [0.5, 0.6) is 0 Å². The van der Waals surface area contributed by atoms with E-state index in [1.54, 1.807) is 6.20 Å². The Morgan fingerprint density at radius 3 is 2.11 bits per heavy atom. The first kappa shape index (κ1) is 26.2. The Hall–Kier alpha value is -2.87. The van der Waals surface area contributed by atoms with E-state index in [9.17, 15) is 0 Å². The Kier molecular flexibility index (Phi) is 7.73. The molecular weight excluding hydrogens is 472 g/mol. The highest BCUT2D eigenvalue weighted by Gasteiger charge is 2.51. The molecule has 4 nitrogen and oxygen atoms in total. The lowest BCUT2D eigenvalue weighted by Gasteiger charge is -2.43. The fourth-order valence-electron chi connectivity index (χ4n) is 4.96. The summed E-state index contributed by atoms with van der Waals surface area (Å²) in [5.74, 6) is -3.02. The van der Waals surface area contributed by atoms with E-state index in [1.165, 1.54) is 0 Å². The van der Waals surface area contributed by atoms with Crippen molar-refractivity contribution >= 4 is 29.6 Å². The van der Waals surface area contributed by atoms with Gasteiger partial charge in [-0.1, -0.05) is 93.6 Å². The van der Waals surface area contributed by atoms with Crippen LogP contribution in [0, 0.1) is 0 Å². The van der Waals surface area contributed by atoms with Gasteiger partial charge in [0, 0.05) is 11.4 Å². The molecule has 1 atom stereocenters. The SMILES string of the molecule is CC(Cc1cccc2[nH]ncc12)NCC(F)(F)CO[Si](c1ccccc1)(c1ccccc1)C(C)(C)C. The van der Waals surface area contributed by atoms with Gasteiger partial charge in [0.1, 0.15) is 0 Å². The highest BCUT2D eigenvalue weighted by molar-refractivity contribution is 6.99. The van der Waals surface area contributed by atoms with Crippen LogP contribution in [-0.4, -0.2) is 43.6 Å². The maximum atomic E-state index is 15.3. The fourth-order valence-corrected chi connectivity index (χ4v) is 9.54. The molecule has 0 fully saturated rings. The van der Waals surface area contributed by atoms with Gasteiger partial charge in [-0.15, -0.1) is 0 Å². The van der Waals surface area contributed by atoms with Crippen molar-refractivity contribution in [2.24, 2.45) is 0 Å². The molecule has 2 N–H and O–H groups in total. The van der Waals surface area contributed by atoms with E-state index < -0.39 is 27.4 Å². The molecule has 0 spiro atoms. The van der Waals surface area contributed by atoms with Gasteiger partial charge in [0.2, 0.25) is 0 Å². The number of nitrogens with one attached hydrogen (secondary N) is 2. The molecule has 0 aliphatic heterocycles. The number of nitrogens with zero attached hydrogens (tertiary/aromatic N) is 1. The van der Waals surface area contributed by atoms with Crippen LogP contribution in [0.1, 0.15) is 33.3 Å². The molecule has 0 aliphatic carbocycles. The summed E-state index contributed by atoms with van der Waals surface area (Å²) >= 11 is 0. The summed E-state index contributed by atoms with van der Waals surface area (Å²) < 4.78 is 37.1. The van der Waals surface area contributed by atoms with Crippen molar-refractivity contribution in [1.29, 1.82) is 0 Å². The molecule has 190 valence electrons. The van der Waals surface area contributed by atoms with Crippen LogP contribution in [0.25, 0.3) is 10.9 Å². The lowest BCUT2D eigenvalue weighted by Crippen LogP contribution is -2.67. The standard InChI is InChI=1S/C29H35F2N3OSi/c1-22(18-23-12-11-17-27-26(23)19-33-34-27)32-20-29(30,31)21-35-36(28(2,3)4,24-13-7-5-8-14-24)25-15-9-6-10-16-25/h5-17,19,22,32H,18,20-21H2,1-4H3,(H,33,34). The minimum Gasteiger partial charge on any atom is -0.401 e. The first-order valence-corrected chi connectivity index (χ1v) is 14.3. The summed E-state index contributed by atoms with van der Waals surface area (Å²) in [5, 5.41) is 12.7. The molecule has 0 aliphatic rings. The average molecular weight is 508 g/mol. The Labute approximate surface area is 213 Å². The van der Waals surface area contributed by atoms with Crippen LogP contribution < -0.4 is 15.7 Å². The number of aromatic nitrogens is 2. The number of benzene rings is 3. The smallest absolute Gasteiger partial charge is 0.281 e. The summed E-state index contributed by atoms with van der Waals surface area (Å²) in [7, 11) is -3.02. The van der Waals surface area contributed by atoms with Crippen molar-refractivity contribution < 1.29 is 13.2 Å². The maximum absolute atomic E-state index is 15.3. The van der Waals surface area contributed by atoms with Gasteiger partial charge >= 0.3 is 0 Å². The van der Waals surface area contributed by atoms with Gasteiger partial charge < -0.3 is 9.74 Å². The van der Waals surface area contributed by atoms with Gasteiger partial charge in [-0.25, -0.2) is 8.78 Å². The van der Waals surface area contributed by atoms with E-state index in [1.807, 2.05) is 85.8 Å². The van der Waals surface area contributed by atoms with Crippen molar-refractivity contribution in [1.82, 2.24) is 15.5 Å². The average Bonchev–Trinajstić information content (AvgIpc) is 3.34. The first-order valence-electron chi connectivity index (χ1n) is 12.4. The summed E-state index contributed by atoms with van der Waals surface area (Å²) in [4.78, 5) is 0. The van der Waals surface area contributed by atoms with Crippen LogP contribution in [0.4, 0.5) is 8.78 Å². The second-order valence-corrected chi connectivity index (χ2v) is 14.8. The van der Waals surface area contributed by atoms with E-state index in [0.29, 0.717) is 6.42 Å². The van der Waals surface area contributed by atoms with E-state index in [2.05, 4.69) is 36.3 Å². The number of rotatable bonds is 10. The van der Waals surface area contributed by atoms with E-state index in [4.69, 9.17) is 4.43 Å². The van der Waals surface area contributed by atoms with Crippen LogP contribution in [-0.2, 0) is 10.8 Å². The highest BCUT2D eigenvalue weighted by Crippen LogP contribution is 2.37. The molecule has 3 aromatic carbocycles. The number of hydrogen-bond acceptors (Lipinski definition) is 3. The number of aromatic amines is 1. The number of hydrogen-bond donors (Lipinski definition) is 2. The Balaban J connectivity index is 1.50. The second kappa shape index (κ2) is 10.6. The van der Waals surface area contributed by atoms with Crippen molar-refractivity contribution in [2.75, 3.05) is 13.2 Å². The maximum Gasteiger partial charge on any atom is 0.281 e. The van der Waals surface area contributed by atoms with Crippen LogP contribution >= 0.6 is 0 Å². The van der Waals surface area contributed by atoms with Gasteiger partial charge in [-0.05, 0) is 40.4 Å². The Morgan fingerprint density at radius 1 is 0.917 bits per heavy atom. The first-order chi connectivity index (χ1) is 17.1. The van der Waals surface area contributed by atoms with Crippen molar-refractivity contribution in [3.63, 3.8) is 0 Å². The predicted molar refractivity (Wildman–Crippen MR) is 146 cm³/mol. The molecular formula is C29H35F2N3OSi. The van der Waals surface area contributed by atoms with Gasteiger partial charge in [-0.2, -0.15) is 5.10 Å².